The van der Waals surface area contributed by atoms with E-state index < -0.39 is 0 Å². The highest BCUT2D eigenvalue weighted by molar-refractivity contribution is 7.12. The van der Waals surface area contributed by atoms with E-state index in [0.29, 0.717) is 29.1 Å². The van der Waals surface area contributed by atoms with Gasteiger partial charge in [-0.05, 0) is 61.9 Å². The van der Waals surface area contributed by atoms with Crippen molar-refractivity contribution < 1.29 is 19.0 Å². The van der Waals surface area contributed by atoms with Crippen LogP contribution in [0.4, 0.5) is 5.82 Å². The van der Waals surface area contributed by atoms with Crippen LogP contribution in [0, 0.1) is 6.92 Å². The lowest BCUT2D eigenvalue weighted by molar-refractivity contribution is -0.111. The molecule has 0 fully saturated rings. The number of amides is 1. The van der Waals surface area contributed by atoms with E-state index in [0.717, 1.165) is 28.3 Å². The number of methoxy groups -OCH3 is 2. The van der Waals surface area contributed by atoms with Gasteiger partial charge in [0.25, 0.3) is 0 Å². The summed E-state index contributed by atoms with van der Waals surface area (Å²) >= 11 is 1.45. The van der Waals surface area contributed by atoms with Crippen LogP contribution in [0.5, 0.6) is 17.2 Å². The van der Waals surface area contributed by atoms with Gasteiger partial charge in [0.15, 0.2) is 11.5 Å². The summed E-state index contributed by atoms with van der Waals surface area (Å²) in [6.45, 7) is 4.44. The van der Waals surface area contributed by atoms with Crippen molar-refractivity contribution in [2.75, 3.05) is 26.1 Å². The Bertz CT molecular complexity index is 1340. The van der Waals surface area contributed by atoms with Crippen molar-refractivity contribution in [3.8, 4) is 33.6 Å². The van der Waals surface area contributed by atoms with Crippen LogP contribution in [-0.4, -0.2) is 41.5 Å². The maximum absolute atomic E-state index is 12.6. The van der Waals surface area contributed by atoms with E-state index in [4.69, 9.17) is 19.2 Å². The number of benzene rings is 2. The van der Waals surface area contributed by atoms with Gasteiger partial charge in [0, 0.05) is 23.1 Å². The van der Waals surface area contributed by atoms with Gasteiger partial charge in [-0.2, -0.15) is 9.78 Å². The quantitative estimate of drug-likeness (QED) is 0.317. The first kappa shape index (κ1) is 24.0. The molecule has 0 bridgehead atoms. The first-order chi connectivity index (χ1) is 17.0. The van der Waals surface area contributed by atoms with Crippen LogP contribution in [-0.2, 0) is 4.79 Å². The second-order valence-electron chi connectivity index (χ2n) is 7.49. The molecule has 0 saturated heterocycles. The van der Waals surface area contributed by atoms with Crippen molar-refractivity contribution in [1.82, 2.24) is 14.8 Å². The average Bonchev–Trinajstić information content (AvgIpc) is 3.49. The molecule has 9 heteroatoms. The lowest BCUT2D eigenvalue weighted by Crippen LogP contribution is -2.12. The third-order valence-electron chi connectivity index (χ3n) is 5.05. The molecule has 4 aromatic rings. The number of hydrogen-bond donors (Lipinski definition) is 1. The number of nitrogens with one attached hydrogen (secondary N) is 1. The van der Waals surface area contributed by atoms with Crippen molar-refractivity contribution in [3.05, 3.63) is 71.2 Å². The second kappa shape index (κ2) is 10.9. The zero-order valence-corrected chi connectivity index (χ0v) is 20.8. The van der Waals surface area contributed by atoms with Crippen LogP contribution in [0.15, 0.2) is 60.0 Å². The minimum atomic E-state index is -0.288. The molecule has 1 amide bonds. The molecule has 2 aromatic carbocycles. The molecule has 8 nitrogen and oxygen atoms in total. The summed E-state index contributed by atoms with van der Waals surface area (Å²) in [5.74, 6) is 2.29. The Morgan fingerprint density at radius 3 is 2.57 bits per heavy atom. The monoisotopic (exact) mass is 490 g/mol. The highest BCUT2D eigenvalue weighted by atomic mass is 32.1. The van der Waals surface area contributed by atoms with E-state index in [2.05, 4.69) is 10.4 Å². The summed E-state index contributed by atoms with van der Waals surface area (Å²) < 4.78 is 17.7. The van der Waals surface area contributed by atoms with E-state index in [1.54, 1.807) is 43.2 Å². The Morgan fingerprint density at radius 2 is 1.86 bits per heavy atom. The van der Waals surface area contributed by atoms with Crippen molar-refractivity contribution in [1.29, 1.82) is 0 Å². The number of anilines is 1. The summed E-state index contributed by atoms with van der Waals surface area (Å²) in [6.07, 6.45) is 3.17. The molecule has 35 heavy (non-hydrogen) atoms. The van der Waals surface area contributed by atoms with Crippen LogP contribution in [0.3, 0.4) is 0 Å². The van der Waals surface area contributed by atoms with Gasteiger partial charge in [-0.3, -0.25) is 4.79 Å². The molecule has 0 radical (unpaired) electrons. The highest BCUT2D eigenvalue weighted by Gasteiger charge is 2.14. The number of aryl methyl sites for hydroxylation is 1. The zero-order chi connectivity index (χ0) is 24.8. The fourth-order valence-corrected chi connectivity index (χ4v) is 4.21. The van der Waals surface area contributed by atoms with Gasteiger partial charge >= 0.3 is 0 Å². The fourth-order valence-electron chi connectivity index (χ4n) is 3.41. The Balaban J connectivity index is 1.50. The standard InChI is InChI=1S/C26H26N4O4S/c1-5-34-20-10-8-19(9-11-20)21-16-35-26(27-21)30-24(14-17(2)29-30)28-25(31)13-7-18-6-12-22(32-3)23(15-18)33-4/h6-16H,5H2,1-4H3,(H,28,31)/b13-7+. The van der Waals surface area contributed by atoms with Crippen LogP contribution in [0.2, 0.25) is 0 Å². The molecule has 2 heterocycles. The first-order valence-corrected chi connectivity index (χ1v) is 11.9. The lowest BCUT2D eigenvalue weighted by atomic mass is 10.2. The highest BCUT2D eigenvalue weighted by Crippen LogP contribution is 2.29. The zero-order valence-electron chi connectivity index (χ0n) is 19.9. The van der Waals surface area contributed by atoms with Gasteiger partial charge in [0.1, 0.15) is 11.6 Å². The van der Waals surface area contributed by atoms with E-state index in [1.165, 1.54) is 17.4 Å². The number of carbonyl (C=O) groups excluding carboxylic acids is 1. The van der Waals surface area contributed by atoms with Gasteiger partial charge in [0.2, 0.25) is 11.0 Å². The normalized spacial score (nSPS) is 11.0. The molecule has 0 aliphatic carbocycles. The molecule has 0 spiro atoms. The van der Waals surface area contributed by atoms with Crippen molar-refractivity contribution in [3.63, 3.8) is 0 Å². The number of thiazole rings is 1. The molecule has 4 rings (SSSR count). The molecule has 0 unspecified atom stereocenters. The minimum absolute atomic E-state index is 0.288. The summed E-state index contributed by atoms with van der Waals surface area (Å²) in [4.78, 5) is 17.4. The van der Waals surface area contributed by atoms with Crippen LogP contribution < -0.4 is 19.5 Å². The molecule has 0 aliphatic heterocycles. The Kier molecular flexibility index (Phi) is 7.47. The molecule has 0 atom stereocenters. The van der Waals surface area contributed by atoms with Crippen molar-refractivity contribution in [2.45, 2.75) is 13.8 Å². The number of hydrogen-bond acceptors (Lipinski definition) is 7. The van der Waals surface area contributed by atoms with E-state index in [1.807, 2.05) is 49.6 Å². The minimum Gasteiger partial charge on any atom is -0.494 e. The van der Waals surface area contributed by atoms with E-state index in [9.17, 15) is 4.79 Å². The predicted molar refractivity (Wildman–Crippen MR) is 138 cm³/mol. The molecular formula is C26H26N4O4S. The van der Waals surface area contributed by atoms with E-state index in [-0.39, 0.29) is 5.91 Å². The van der Waals surface area contributed by atoms with Crippen LogP contribution >= 0.6 is 11.3 Å². The number of carbonyl (C=O) groups is 1. The van der Waals surface area contributed by atoms with Gasteiger partial charge in [-0.25, -0.2) is 4.98 Å². The maximum atomic E-state index is 12.6. The Morgan fingerprint density at radius 1 is 1.09 bits per heavy atom. The molecular weight excluding hydrogens is 464 g/mol. The van der Waals surface area contributed by atoms with Gasteiger partial charge < -0.3 is 19.5 Å². The maximum Gasteiger partial charge on any atom is 0.249 e. The van der Waals surface area contributed by atoms with Gasteiger partial charge in [0.05, 0.1) is 32.2 Å². The second-order valence-corrected chi connectivity index (χ2v) is 8.33. The molecule has 2 aromatic heterocycles. The van der Waals surface area contributed by atoms with Crippen molar-refractivity contribution >= 4 is 29.1 Å². The number of ether oxygens (including phenoxy) is 3. The number of aromatic nitrogens is 3. The number of rotatable bonds is 9. The third kappa shape index (κ3) is 5.70. The summed E-state index contributed by atoms with van der Waals surface area (Å²) in [5, 5.41) is 10.0. The summed E-state index contributed by atoms with van der Waals surface area (Å²) in [7, 11) is 3.15. The molecule has 180 valence electrons. The van der Waals surface area contributed by atoms with Crippen molar-refractivity contribution in [2.24, 2.45) is 0 Å². The predicted octanol–water partition coefficient (Wildman–Crippen LogP) is 5.37. The molecule has 1 N–H and O–H groups in total. The lowest BCUT2D eigenvalue weighted by Gasteiger charge is -2.07. The van der Waals surface area contributed by atoms with Gasteiger partial charge in [-0.15, -0.1) is 11.3 Å². The van der Waals surface area contributed by atoms with Crippen LogP contribution in [0.1, 0.15) is 18.2 Å². The Labute approximate surface area is 207 Å². The Hall–Kier alpha value is -4.11. The van der Waals surface area contributed by atoms with E-state index >= 15 is 0 Å². The topological polar surface area (TPSA) is 87.5 Å². The average molecular weight is 491 g/mol. The number of nitrogens with zero attached hydrogens (tertiary/aromatic N) is 3. The molecule has 0 aliphatic rings. The van der Waals surface area contributed by atoms with Gasteiger partial charge in [-0.1, -0.05) is 6.07 Å². The van der Waals surface area contributed by atoms with Crippen LogP contribution in [0.25, 0.3) is 22.5 Å². The fraction of sp³-hybridized carbons (Fsp3) is 0.192. The first-order valence-electron chi connectivity index (χ1n) is 11.0. The largest absolute Gasteiger partial charge is 0.494 e. The summed E-state index contributed by atoms with van der Waals surface area (Å²) in [6, 6.07) is 15.0. The third-order valence-corrected chi connectivity index (χ3v) is 5.87. The summed E-state index contributed by atoms with van der Waals surface area (Å²) in [5.41, 5.74) is 3.37. The molecule has 0 saturated carbocycles. The smallest absolute Gasteiger partial charge is 0.249 e. The SMILES string of the molecule is CCOc1ccc(-c2csc(-n3nc(C)cc3NC(=O)/C=C/c3ccc(OC)c(OC)c3)n2)cc1.